The topological polar surface area (TPSA) is 32.8 Å². The van der Waals surface area contributed by atoms with E-state index in [1.165, 1.54) is 5.56 Å². The molecule has 0 radical (unpaired) electrons. The van der Waals surface area contributed by atoms with E-state index in [2.05, 4.69) is 35.8 Å². The number of nitrogens with zero attached hydrogens (tertiary/aromatic N) is 2. The second kappa shape index (κ2) is 9.74. The molecule has 4 nitrogen and oxygen atoms in total. The molecule has 0 unspecified atom stereocenters. The van der Waals surface area contributed by atoms with Crippen LogP contribution < -0.4 is 4.74 Å². The lowest BCUT2D eigenvalue weighted by atomic mass is 10.1. The van der Waals surface area contributed by atoms with Crippen LogP contribution in [0.5, 0.6) is 5.75 Å². The van der Waals surface area contributed by atoms with Crippen LogP contribution in [0.3, 0.4) is 0 Å². The molecule has 0 spiro atoms. The van der Waals surface area contributed by atoms with Gasteiger partial charge in [0.15, 0.2) is 0 Å². The van der Waals surface area contributed by atoms with Gasteiger partial charge >= 0.3 is 0 Å². The standard InChI is InChI=1S/C23H26N2O2/c1-2-19-27-22-13-7-6-12-21(22)23(26)25-17-15-24(16-18-25)14-8-11-20-9-4-3-5-10-20/h2-13H,1,14-19H2/b11-8+. The molecule has 1 saturated heterocycles. The summed E-state index contributed by atoms with van der Waals surface area (Å²) in [5.41, 5.74) is 1.83. The van der Waals surface area contributed by atoms with Crippen molar-refractivity contribution in [1.29, 1.82) is 0 Å². The van der Waals surface area contributed by atoms with Crippen molar-refractivity contribution in [2.24, 2.45) is 0 Å². The number of piperazine rings is 1. The maximum Gasteiger partial charge on any atom is 0.257 e. The largest absolute Gasteiger partial charge is 0.489 e. The monoisotopic (exact) mass is 362 g/mol. The zero-order valence-corrected chi connectivity index (χ0v) is 15.6. The van der Waals surface area contributed by atoms with Gasteiger partial charge in [0.2, 0.25) is 0 Å². The molecule has 1 fully saturated rings. The number of rotatable bonds is 7. The van der Waals surface area contributed by atoms with Crippen molar-refractivity contribution in [3.63, 3.8) is 0 Å². The fourth-order valence-electron chi connectivity index (χ4n) is 3.12. The molecular weight excluding hydrogens is 336 g/mol. The normalized spacial score (nSPS) is 15.0. The van der Waals surface area contributed by atoms with Crippen molar-refractivity contribution in [1.82, 2.24) is 9.80 Å². The Kier molecular flexibility index (Phi) is 6.83. The van der Waals surface area contributed by atoms with Crippen LogP contribution in [-0.4, -0.2) is 55.0 Å². The number of amides is 1. The Balaban J connectivity index is 1.52. The molecule has 0 saturated carbocycles. The molecule has 140 valence electrons. The minimum absolute atomic E-state index is 0.0362. The highest BCUT2D eigenvalue weighted by atomic mass is 16.5. The van der Waals surface area contributed by atoms with Crippen molar-refractivity contribution in [3.05, 3.63) is 84.5 Å². The Morgan fingerprint density at radius 2 is 1.70 bits per heavy atom. The molecule has 27 heavy (non-hydrogen) atoms. The summed E-state index contributed by atoms with van der Waals surface area (Å²) in [5.74, 6) is 0.657. The van der Waals surface area contributed by atoms with Crippen molar-refractivity contribution in [3.8, 4) is 5.75 Å². The van der Waals surface area contributed by atoms with E-state index in [1.54, 1.807) is 6.08 Å². The van der Waals surface area contributed by atoms with E-state index >= 15 is 0 Å². The van der Waals surface area contributed by atoms with Crippen molar-refractivity contribution in [2.45, 2.75) is 0 Å². The first-order valence-electron chi connectivity index (χ1n) is 9.34. The minimum atomic E-state index is 0.0362. The predicted molar refractivity (Wildman–Crippen MR) is 110 cm³/mol. The summed E-state index contributed by atoms with van der Waals surface area (Å²) in [4.78, 5) is 17.2. The van der Waals surface area contributed by atoms with E-state index in [4.69, 9.17) is 4.74 Å². The van der Waals surface area contributed by atoms with Crippen molar-refractivity contribution in [2.75, 3.05) is 39.3 Å². The van der Waals surface area contributed by atoms with Gasteiger partial charge in [0, 0.05) is 32.7 Å². The number of para-hydroxylation sites is 1. The van der Waals surface area contributed by atoms with Gasteiger partial charge in [-0.15, -0.1) is 0 Å². The number of carbonyl (C=O) groups excluding carboxylic acids is 1. The Labute approximate surface area is 161 Å². The maximum atomic E-state index is 12.9. The lowest BCUT2D eigenvalue weighted by Crippen LogP contribution is -2.48. The number of ether oxygens (including phenoxy) is 1. The Hall–Kier alpha value is -2.85. The third-order valence-corrected chi connectivity index (χ3v) is 4.61. The lowest BCUT2D eigenvalue weighted by molar-refractivity contribution is 0.0646. The number of hydrogen-bond donors (Lipinski definition) is 0. The minimum Gasteiger partial charge on any atom is -0.489 e. The number of carbonyl (C=O) groups is 1. The van der Waals surface area contributed by atoms with Gasteiger partial charge in [0.05, 0.1) is 5.56 Å². The smallest absolute Gasteiger partial charge is 0.257 e. The van der Waals surface area contributed by atoms with Crippen molar-refractivity contribution >= 4 is 12.0 Å². The zero-order chi connectivity index (χ0) is 18.9. The maximum absolute atomic E-state index is 12.9. The van der Waals surface area contributed by atoms with Crippen LogP contribution in [0.1, 0.15) is 15.9 Å². The van der Waals surface area contributed by atoms with Crippen LogP contribution in [0.4, 0.5) is 0 Å². The average molecular weight is 362 g/mol. The van der Waals surface area contributed by atoms with Gasteiger partial charge in [0.25, 0.3) is 5.91 Å². The third kappa shape index (κ3) is 5.31. The molecule has 1 heterocycles. The Morgan fingerprint density at radius 3 is 2.44 bits per heavy atom. The first-order valence-corrected chi connectivity index (χ1v) is 9.34. The fourth-order valence-corrected chi connectivity index (χ4v) is 3.12. The first kappa shape index (κ1) is 18.9. The molecule has 3 rings (SSSR count). The van der Waals surface area contributed by atoms with E-state index in [9.17, 15) is 4.79 Å². The second-order valence-electron chi connectivity index (χ2n) is 6.50. The SMILES string of the molecule is C=CCOc1ccccc1C(=O)N1CCN(C/C=C/c2ccccc2)CC1. The summed E-state index contributed by atoms with van der Waals surface area (Å²) in [6.07, 6.45) is 6.01. The van der Waals surface area contributed by atoms with Gasteiger partial charge in [-0.3, -0.25) is 9.69 Å². The highest BCUT2D eigenvalue weighted by Gasteiger charge is 2.23. The van der Waals surface area contributed by atoms with Crippen LogP contribution in [0.15, 0.2) is 73.3 Å². The summed E-state index contributed by atoms with van der Waals surface area (Å²) >= 11 is 0. The highest BCUT2D eigenvalue weighted by molar-refractivity contribution is 5.97. The van der Waals surface area contributed by atoms with E-state index in [0.29, 0.717) is 17.9 Å². The van der Waals surface area contributed by atoms with Gasteiger partial charge in [0.1, 0.15) is 12.4 Å². The van der Waals surface area contributed by atoms with E-state index < -0.39 is 0 Å². The molecule has 0 aromatic heterocycles. The first-order chi connectivity index (χ1) is 13.3. The van der Waals surface area contributed by atoms with Crippen LogP contribution in [-0.2, 0) is 0 Å². The molecule has 0 N–H and O–H groups in total. The highest BCUT2D eigenvalue weighted by Crippen LogP contribution is 2.20. The molecule has 2 aromatic rings. The molecule has 0 aliphatic carbocycles. The van der Waals surface area contributed by atoms with E-state index in [0.717, 1.165) is 32.7 Å². The molecule has 2 aromatic carbocycles. The fraction of sp³-hybridized carbons (Fsp3) is 0.261. The lowest BCUT2D eigenvalue weighted by Gasteiger charge is -2.34. The Bertz CT molecular complexity index is 778. The predicted octanol–water partition coefficient (Wildman–Crippen LogP) is 3.72. The van der Waals surface area contributed by atoms with E-state index in [1.807, 2.05) is 47.4 Å². The van der Waals surface area contributed by atoms with Gasteiger partial charge < -0.3 is 9.64 Å². The third-order valence-electron chi connectivity index (χ3n) is 4.61. The van der Waals surface area contributed by atoms with E-state index in [-0.39, 0.29) is 5.91 Å². The second-order valence-corrected chi connectivity index (χ2v) is 6.50. The van der Waals surface area contributed by atoms with Crippen molar-refractivity contribution < 1.29 is 9.53 Å². The number of hydrogen-bond acceptors (Lipinski definition) is 3. The van der Waals surface area contributed by atoms with Gasteiger partial charge in [-0.1, -0.05) is 67.3 Å². The summed E-state index contributed by atoms with van der Waals surface area (Å²) in [7, 11) is 0. The quantitative estimate of drug-likeness (QED) is 0.704. The molecule has 0 atom stereocenters. The summed E-state index contributed by atoms with van der Waals surface area (Å²) < 4.78 is 5.63. The zero-order valence-electron chi connectivity index (χ0n) is 15.6. The number of benzene rings is 2. The molecule has 0 bridgehead atoms. The van der Waals surface area contributed by atoms with Gasteiger partial charge in [-0.2, -0.15) is 0 Å². The average Bonchev–Trinajstić information content (AvgIpc) is 2.73. The van der Waals surface area contributed by atoms with Crippen LogP contribution in [0.2, 0.25) is 0 Å². The summed E-state index contributed by atoms with van der Waals surface area (Å²) in [6.45, 7) is 8.17. The Morgan fingerprint density at radius 1 is 1.00 bits per heavy atom. The molecule has 1 amide bonds. The van der Waals surface area contributed by atoms with Crippen LogP contribution in [0, 0.1) is 0 Å². The molecule has 4 heteroatoms. The van der Waals surface area contributed by atoms with Crippen LogP contribution >= 0.6 is 0 Å². The molecule has 1 aliphatic rings. The summed E-state index contributed by atoms with van der Waals surface area (Å²) in [5, 5.41) is 0. The van der Waals surface area contributed by atoms with Gasteiger partial charge in [-0.05, 0) is 17.7 Å². The van der Waals surface area contributed by atoms with Gasteiger partial charge in [-0.25, -0.2) is 0 Å². The van der Waals surface area contributed by atoms with Crippen LogP contribution in [0.25, 0.3) is 6.08 Å². The summed E-state index contributed by atoms with van der Waals surface area (Å²) in [6, 6.07) is 17.7. The molecular formula is C23H26N2O2. The molecule has 1 aliphatic heterocycles.